The van der Waals surface area contributed by atoms with Crippen LogP contribution >= 0.6 is 0 Å². The number of aliphatic carboxylic acids is 1. The molecule has 0 bridgehead atoms. The minimum Gasteiger partial charge on any atom is -0.481 e. The first-order chi connectivity index (χ1) is 12.5. The lowest BCUT2D eigenvalue weighted by molar-refractivity contribution is -0.149. The zero-order chi connectivity index (χ0) is 18.3. The van der Waals surface area contributed by atoms with Gasteiger partial charge in [-0.1, -0.05) is 18.6 Å². The van der Waals surface area contributed by atoms with E-state index in [0.717, 1.165) is 24.2 Å². The van der Waals surface area contributed by atoms with Crippen LogP contribution in [0.5, 0.6) is 0 Å². The number of hydrogen-bond donors (Lipinski definition) is 3. The number of aromatic nitrogens is 3. The molecule has 2 heterocycles. The second-order valence-corrected chi connectivity index (χ2v) is 7.19. The first-order valence-corrected chi connectivity index (χ1v) is 8.77. The first kappa shape index (κ1) is 16.6. The van der Waals surface area contributed by atoms with Gasteiger partial charge >= 0.3 is 12.0 Å². The third-order valence-electron chi connectivity index (χ3n) is 5.55. The van der Waals surface area contributed by atoms with E-state index in [9.17, 15) is 14.7 Å². The van der Waals surface area contributed by atoms with Crippen LogP contribution in [0.2, 0.25) is 0 Å². The summed E-state index contributed by atoms with van der Waals surface area (Å²) in [6, 6.07) is 7.05. The Labute approximate surface area is 150 Å². The zero-order valence-electron chi connectivity index (χ0n) is 14.5. The van der Waals surface area contributed by atoms with Crippen molar-refractivity contribution in [3.63, 3.8) is 0 Å². The number of nitrogens with zero attached hydrogens (tertiary/aromatic N) is 3. The number of amides is 2. The van der Waals surface area contributed by atoms with Crippen molar-refractivity contribution >= 4 is 17.7 Å². The number of carbonyl (C=O) groups is 2. The molecule has 1 aromatic carbocycles. The van der Waals surface area contributed by atoms with Crippen molar-refractivity contribution in [3.8, 4) is 11.4 Å². The zero-order valence-corrected chi connectivity index (χ0v) is 14.5. The highest BCUT2D eigenvalue weighted by molar-refractivity contribution is 5.91. The average Bonchev–Trinajstić information content (AvgIpc) is 3.28. The highest BCUT2D eigenvalue weighted by Crippen LogP contribution is 2.48. The lowest BCUT2D eigenvalue weighted by Gasteiger charge is -2.23. The Morgan fingerprint density at radius 2 is 2.27 bits per heavy atom. The Morgan fingerprint density at radius 1 is 1.42 bits per heavy atom. The molecule has 1 saturated carbocycles. The Bertz CT molecular complexity index is 864. The van der Waals surface area contributed by atoms with Crippen molar-refractivity contribution in [2.45, 2.75) is 26.2 Å². The summed E-state index contributed by atoms with van der Waals surface area (Å²) in [5.41, 5.74) is 0.666. The third-order valence-corrected chi connectivity index (χ3v) is 5.55. The van der Waals surface area contributed by atoms with E-state index in [1.807, 2.05) is 25.1 Å². The van der Waals surface area contributed by atoms with Crippen molar-refractivity contribution in [2.75, 3.05) is 18.4 Å². The molecule has 8 nitrogen and oxygen atoms in total. The van der Waals surface area contributed by atoms with E-state index in [0.29, 0.717) is 24.5 Å². The van der Waals surface area contributed by atoms with Crippen LogP contribution in [-0.2, 0) is 4.79 Å². The number of carboxylic acids is 1. The summed E-state index contributed by atoms with van der Waals surface area (Å²) < 4.78 is 0. The minimum atomic E-state index is -0.780. The van der Waals surface area contributed by atoms with Crippen molar-refractivity contribution in [1.29, 1.82) is 0 Å². The Hall–Kier alpha value is -2.90. The number of likely N-dealkylation sites (tertiary alicyclic amines) is 1. The highest BCUT2D eigenvalue weighted by atomic mass is 16.4. The number of urea groups is 1. The maximum absolute atomic E-state index is 12.6. The number of aromatic amines is 1. The molecule has 2 aliphatic rings. The van der Waals surface area contributed by atoms with Gasteiger partial charge in [0.1, 0.15) is 5.82 Å². The second-order valence-electron chi connectivity index (χ2n) is 7.19. The van der Waals surface area contributed by atoms with E-state index < -0.39 is 11.4 Å². The Balaban J connectivity index is 1.48. The van der Waals surface area contributed by atoms with E-state index in [-0.39, 0.29) is 18.5 Å². The van der Waals surface area contributed by atoms with Crippen molar-refractivity contribution in [2.24, 2.45) is 11.3 Å². The van der Waals surface area contributed by atoms with E-state index in [2.05, 4.69) is 20.5 Å². The van der Waals surface area contributed by atoms with Gasteiger partial charge in [-0.2, -0.15) is 5.10 Å². The third kappa shape index (κ3) is 2.71. The van der Waals surface area contributed by atoms with Gasteiger partial charge in [-0.25, -0.2) is 9.78 Å². The fourth-order valence-corrected chi connectivity index (χ4v) is 4.20. The molecule has 0 spiro atoms. The molecule has 4 rings (SSSR count). The van der Waals surface area contributed by atoms with Crippen LogP contribution < -0.4 is 5.32 Å². The number of benzene rings is 1. The molecule has 2 amide bonds. The molecule has 8 heteroatoms. The van der Waals surface area contributed by atoms with Crippen LogP contribution in [-0.4, -0.2) is 50.3 Å². The molecule has 1 saturated heterocycles. The average molecular weight is 355 g/mol. The van der Waals surface area contributed by atoms with Gasteiger partial charge in [0.25, 0.3) is 0 Å². The second kappa shape index (κ2) is 6.12. The van der Waals surface area contributed by atoms with Crippen LogP contribution in [0, 0.1) is 18.3 Å². The quantitative estimate of drug-likeness (QED) is 0.783. The molecule has 0 unspecified atom stereocenters. The number of aryl methyl sites for hydroxylation is 1. The standard InChI is InChI=1S/C18H21N5O3/c1-11-19-15(22-21-11)12-4-2-6-14(8-12)20-17(26)23-9-13-5-3-7-18(13,10-23)16(24)25/h2,4,6,8,13H,3,5,7,9-10H2,1H3,(H,20,26)(H,24,25)(H,19,21,22)/t13-,18+/m0/s1. The number of H-pyrrole nitrogens is 1. The smallest absolute Gasteiger partial charge is 0.321 e. The molecular formula is C18H21N5O3. The Morgan fingerprint density at radius 3 is 2.96 bits per heavy atom. The largest absolute Gasteiger partial charge is 0.481 e. The van der Waals surface area contributed by atoms with Crippen LogP contribution in [0.15, 0.2) is 24.3 Å². The molecule has 2 fully saturated rings. The van der Waals surface area contributed by atoms with Gasteiger partial charge < -0.3 is 15.3 Å². The molecule has 1 aliphatic heterocycles. The normalized spacial score (nSPS) is 24.5. The molecule has 136 valence electrons. The van der Waals surface area contributed by atoms with Crippen molar-refractivity contribution in [3.05, 3.63) is 30.1 Å². The molecule has 26 heavy (non-hydrogen) atoms. The monoisotopic (exact) mass is 355 g/mol. The number of carbonyl (C=O) groups excluding carboxylic acids is 1. The number of nitrogens with one attached hydrogen (secondary N) is 2. The number of carboxylic acid groups (broad SMARTS) is 1. The highest BCUT2D eigenvalue weighted by Gasteiger charge is 2.55. The lowest BCUT2D eigenvalue weighted by atomic mass is 9.81. The fourth-order valence-electron chi connectivity index (χ4n) is 4.20. The minimum absolute atomic E-state index is 0.0494. The number of rotatable bonds is 3. The van der Waals surface area contributed by atoms with Crippen LogP contribution in [0.4, 0.5) is 10.5 Å². The van der Waals surface area contributed by atoms with Crippen LogP contribution in [0.25, 0.3) is 11.4 Å². The molecule has 3 N–H and O–H groups in total. The van der Waals surface area contributed by atoms with E-state index in [1.165, 1.54) is 0 Å². The van der Waals surface area contributed by atoms with E-state index in [4.69, 9.17) is 0 Å². The van der Waals surface area contributed by atoms with E-state index in [1.54, 1.807) is 11.0 Å². The maximum atomic E-state index is 12.6. The Kier molecular flexibility index (Phi) is 3.90. The summed E-state index contributed by atoms with van der Waals surface area (Å²) in [6.45, 7) is 2.60. The molecule has 1 aromatic heterocycles. The number of anilines is 1. The maximum Gasteiger partial charge on any atom is 0.321 e. The van der Waals surface area contributed by atoms with Gasteiger partial charge in [0.15, 0.2) is 5.82 Å². The summed E-state index contributed by atoms with van der Waals surface area (Å²) in [6.07, 6.45) is 2.44. The molecule has 0 radical (unpaired) electrons. The predicted octanol–water partition coefficient (Wildman–Crippen LogP) is 2.50. The summed E-state index contributed by atoms with van der Waals surface area (Å²) in [5.74, 6) is 0.557. The van der Waals surface area contributed by atoms with E-state index >= 15 is 0 Å². The van der Waals surface area contributed by atoms with Crippen molar-refractivity contribution < 1.29 is 14.7 Å². The van der Waals surface area contributed by atoms with Gasteiger partial charge in [0, 0.05) is 24.3 Å². The topological polar surface area (TPSA) is 111 Å². The van der Waals surface area contributed by atoms with Gasteiger partial charge in [0.2, 0.25) is 0 Å². The van der Waals surface area contributed by atoms with Gasteiger partial charge in [-0.05, 0) is 37.8 Å². The summed E-state index contributed by atoms with van der Waals surface area (Å²) in [5, 5.41) is 19.5. The van der Waals surface area contributed by atoms with Crippen molar-refractivity contribution in [1.82, 2.24) is 20.1 Å². The fraction of sp³-hybridized carbons (Fsp3) is 0.444. The van der Waals surface area contributed by atoms with Gasteiger partial charge in [-0.3, -0.25) is 9.89 Å². The molecule has 2 aromatic rings. The predicted molar refractivity (Wildman–Crippen MR) is 94.6 cm³/mol. The SMILES string of the molecule is Cc1nc(-c2cccc(NC(=O)N3C[C@@H]4CCC[C@@]4(C(=O)O)C3)c2)n[nH]1. The van der Waals surface area contributed by atoms with Gasteiger partial charge in [0.05, 0.1) is 5.41 Å². The summed E-state index contributed by atoms with van der Waals surface area (Å²) in [4.78, 5) is 30.3. The molecule has 1 aliphatic carbocycles. The lowest BCUT2D eigenvalue weighted by Crippen LogP contribution is -2.38. The van der Waals surface area contributed by atoms with Gasteiger partial charge in [-0.15, -0.1) is 0 Å². The molecule has 2 atom stereocenters. The van der Waals surface area contributed by atoms with Crippen LogP contribution in [0.1, 0.15) is 25.1 Å². The summed E-state index contributed by atoms with van der Waals surface area (Å²) in [7, 11) is 0. The first-order valence-electron chi connectivity index (χ1n) is 8.77. The molecular weight excluding hydrogens is 334 g/mol. The number of hydrogen-bond acceptors (Lipinski definition) is 4. The number of fused-ring (bicyclic) bond motifs is 1. The van der Waals surface area contributed by atoms with Crippen LogP contribution in [0.3, 0.4) is 0 Å². The summed E-state index contributed by atoms with van der Waals surface area (Å²) >= 11 is 0.